The van der Waals surface area contributed by atoms with E-state index >= 15 is 0 Å². The van der Waals surface area contributed by atoms with Crippen molar-refractivity contribution in [3.8, 4) is 0 Å². The summed E-state index contributed by atoms with van der Waals surface area (Å²) in [6.45, 7) is 4.09. The van der Waals surface area contributed by atoms with Crippen LogP contribution in [0.25, 0.3) is 0 Å². The molecule has 2 amide bonds. The van der Waals surface area contributed by atoms with Crippen LogP contribution < -0.4 is 10.6 Å². The Hall–Kier alpha value is -2.05. The first kappa shape index (κ1) is 16.0. The van der Waals surface area contributed by atoms with E-state index in [0.717, 1.165) is 5.82 Å². The monoisotopic (exact) mass is 282 g/mol. The minimum Gasteiger partial charge on any atom is -0.480 e. The summed E-state index contributed by atoms with van der Waals surface area (Å²) in [6, 6.07) is -1.33. The Morgan fingerprint density at radius 2 is 2.20 bits per heavy atom. The number of aromatic nitrogens is 2. The standard InChI is InChI=1S/C13H22N4O3/c1-4-9(2)11(12(18)19)16-13(20)15-6-5-10-14-7-8-17(10)3/h7-9,11H,4-6H2,1-3H3,(H,18,19)(H2,15,16,20). The molecule has 0 spiro atoms. The van der Waals surface area contributed by atoms with Crippen LogP contribution in [0.15, 0.2) is 12.4 Å². The Balaban J connectivity index is 2.39. The van der Waals surface area contributed by atoms with Gasteiger partial charge in [0.15, 0.2) is 0 Å². The predicted molar refractivity (Wildman–Crippen MR) is 74.3 cm³/mol. The van der Waals surface area contributed by atoms with Gasteiger partial charge in [0.1, 0.15) is 11.9 Å². The predicted octanol–water partition coefficient (Wildman–Crippen LogP) is 0.761. The molecule has 1 heterocycles. The third kappa shape index (κ3) is 4.56. The number of nitrogens with zero attached hydrogens (tertiary/aromatic N) is 2. The number of rotatable bonds is 7. The minimum atomic E-state index is -1.02. The maximum atomic E-state index is 11.7. The van der Waals surface area contributed by atoms with Gasteiger partial charge in [-0.1, -0.05) is 20.3 Å². The highest BCUT2D eigenvalue weighted by Crippen LogP contribution is 2.07. The smallest absolute Gasteiger partial charge is 0.326 e. The number of carboxylic acid groups (broad SMARTS) is 1. The van der Waals surface area contributed by atoms with Crippen molar-refractivity contribution in [2.45, 2.75) is 32.7 Å². The Morgan fingerprint density at radius 3 is 2.70 bits per heavy atom. The molecule has 0 radical (unpaired) electrons. The largest absolute Gasteiger partial charge is 0.480 e. The van der Waals surface area contributed by atoms with E-state index in [1.807, 2.05) is 24.7 Å². The summed E-state index contributed by atoms with van der Waals surface area (Å²) in [4.78, 5) is 26.9. The Labute approximate surface area is 118 Å². The van der Waals surface area contributed by atoms with Crippen LogP contribution in [-0.2, 0) is 18.3 Å². The van der Waals surface area contributed by atoms with E-state index in [2.05, 4.69) is 15.6 Å². The molecule has 0 aliphatic carbocycles. The molecule has 1 rings (SSSR count). The highest BCUT2D eigenvalue weighted by Gasteiger charge is 2.24. The fourth-order valence-corrected chi connectivity index (χ4v) is 1.80. The SMILES string of the molecule is CCC(C)C(NC(=O)NCCc1nccn1C)C(=O)O. The number of carboxylic acids is 1. The van der Waals surface area contributed by atoms with Crippen LogP contribution >= 0.6 is 0 Å². The molecule has 112 valence electrons. The van der Waals surface area contributed by atoms with Crippen LogP contribution in [0.4, 0.5) is 4.79 Å². The number of aryl methyl sites for hydroxylation is 1. The van der Waals surface area contributed by atoms with E-state index in [4.69, 9.17) is 5.11 Å². The minimum absolute atomic E-state index is 0.118. The Morgan fingerprint density at radius 1 is 1.50 bits per heavy atom. The molecule has 1 aromatic heterocycles. The van der Waals surface area contributed by atoms with Gasteiger partial charge in [-0.3, -0.25) is 0 Å². The van der Waals surface area contributed by atoms with Crippen molar-refractivity contribution in [2.75, 3.05) is 6.54 Å². The van der Waals surface area contributed by atoms with Crippen molar-refractivity contribution >= 4 is 12.0 Å². The maximum Gasteiger partial charge on any atom is 0.326 e. The summed E-state index contributed by atoms with van der Waals surface area (Å²) in [7, 11) is 1.88. The number of aliphatic carboxylic acids is 1. The summed E-state index contributed by atoms with van der Waals surface area (Å²) in [5, 5.41) is 14.2. The van der Waals surface area contributed by atoms with Crippen LogP contribution in [0, 0.1) is 5.92 Å². The summed E-state index contributed by atoms with van der Waals surface area (Å²) in [5.74, 6) is -0.270. The molecule has 1 aromatic rings. The second-order valence-electron chi connectivity index (χ2n) is 4.81. The van der Waals surface area contributed by atoms with Gasteiger partial charge in [0.05, 0.1) is 0 Å². The molecule has 20 heavy (non-hydrogen) atoms. The quantitative estimate of drug-likeness (QED) is 0.688. The van der Waals surface area contributed by atoms with Gasteiger partial charge in [-0.25, -0.2) is 14.6 Å². The van der Waals surface area contributed by atoms with Gasteiger partial charge in [0, 0.05) is 32.4 Å². The average molecular weight is 282 g/mol. The molecule has 0 fully saturated rings. The normalized spacial score (nSPS) is 13.6. The number of carbonyl (C=O) groups is 2. The van der Waals surface area contributed by atoms with Gasteiger partial charge >= 0.3 is 12.0 Å². The van der Waals surface area contributed by atoms with Crippen molar-refractivity contribution in [1.82, 2.24) is 20.2 Å². The molecule has 2 unspecified atom stereocenters. The fourth-order valence-electron chi connectivity index (χ4n) is 1.80. The lowest BCUT2D eigenvalue weighted by atomic mass is 9.99. The third-order valence-electron chi connectivity index (χ3n) is 3.32. The van der Waals surface area contributed by atoms with E-state index in [-0.39, 0.29) is 5.92 Å². The molecule has 0 aromatic carbocycles. The summed E-state index contributed by atoms with van der Waals surface area (Å²) in [5.41, 5.74) is 0. The van der Waals surface area contributed by atoms with Crippen molar-refractivity contribution in [1.29, 1.82) is 0 Å². The van der Waals surface area contributed by atoms with Gasteiger partial charge in [-0.15, -0.1) is 0 Å². The molecular weight excluding hydrogens is 260 g/mol. The molecule has 7 heteroatoms. The van der Waals surface area contributed by atoms with E-state index in [0.29, 0.717) is 19.4 Å². The second kappa shape index (κ2) is 7.52. The molecule has 0 saturated carbocycles. The van der Waals surface area contributed by atoms with Crippen molar-refractivity contribution in [3.05, 3.63) is 18.2 Å². The Kier molecular flexibility index (Phi) is 6.02. The lowest BCUT2D eigenvalue weighted by molar-refractivity contribution is -0.140. The number of amides is 2. The average Bonchev–Trinajstić information content (AvgIpc) is 2.80. The highest BCUT2D eigenvalue weighted by molar-refractivity contribution is 5.82. The summed E-state index contributed by atoms with van der Waals surface area (Å²) >= 11 is 0. The number of carbonyl (C=O) groups excluding carboxylic acids is 1. The Bertz CT molecular complexity index is 458. The molecular formula is C13H22N4O3. The topological polar surface area (TPSA) is 96.3 Å². The van der Waals surface area contributed by atoms with Crippen LogP contribution in [0.5, 0.6) is 0 Å². The molecule has 0 aliphatic heterocycles. The second-order valence-corrected chi connectivity index (χ2v) is 4.81. The first-order valence-corrected chi connectivity index (χ1v) is 6.69. The number of hydrogen-bond acceptors (Lipinski definition) is 3. The van der Waals surface area contributed by atoms with Crippen LogP contribution in [0.1, 0.15) is 26.1 Å². The zero-order valence-corrected chi connectivity index (χ0v) is 12.1. The summed E-state index contributed by atoms with van der Waals surface area (Å²) < 4.78 is 1.87. The molecule has 7 nitrogen and oxygen atoms in total. The van der Waals surface area contributed by atoms with E-state index in [1.165, 1.54) is 0 Å². The van der Waals surface area contributed by atoms with Gasteiger partial charge < -0.3 is 20.3 Å². The molecule has 2 atom stereocenters. The third-order valence-corrected chi connectivity index (χ3v) is 3.32. The molecule has 0 aliphatic rings. The lowest BCUT2D eigenvalue weighted by Gasteiger charge is -2.20. The molecule has 0 bridgehead atoms. The molecule has 0 saturated heterocycles. The number of hydrogen-bond donors (Lipinski definition) is 3. The molecule has 3 N–H and O–H groups in total. The van der Waals surface area contributed by atoms with Crippen molar-refractivity contribution < 1.29 is 14.7 Å². The zero-order chi connectivity index (χ0) is 15.1. The van der Waals surface area contributed by atoms with Crippen LogP contribution in [-0.4, -0.2) is 39.2 Å². The van der Waals surface area contributed by atoms with Gasteiger partial charge in [-0.2, -0.15) is 0 Å². The fraction of sp³-hybridized carbons (Fsp3) is 0.615. The van der Waals surface area contributed by atoms with E-state index < -0.39 is 18.0 Å². The van der Waals surface area contributed by atoms with E-state index in [1.54, 1.807) is 13.1 Å². The first-order valence-electron chi connectivity index (χ1n) is 6.69. The lowest BCUT2D eigenvalue weighted by Crippen LogP contribution is -2.49. The van der Waals surface area contributed by atoms with Crippen molar-refractivity contribution in [3.63, 3.8) is 0 Å². The number of urea groups is 1. The summed E-state index contributed by atoms with van der Waals surface area (Å²) in [6.07, 6.45) is 4.81. The zero-order valence-electron chi connectivity index (χ0n) is 12.1. The number of nitrogens with one attached hydrogen (secondary N) is 2. The van der Waals surface area contributed by atoms with Crippen molar-refractivity contribution in [2.24, 2.45) is 13.0 Å². The van der Waals surface area contributed by atoms with Gasteiger partial charge in [0.25, 0.3) is 0 Å². The van der Waals surface area contributed by atoms with E-state index in [9.17, 15) is 9.59 Å². The van der Waals surface area contributed by atoms with Gasteiger partial charge in [-0.05, 0) is 5.92 Å². The van der Waals surface area contributed by atoms with Crippen LogP contribution in [0.3, 0.4) is 0 Å². The van der Waals surface area contributed by atoms with Gasteiger partial charge in [0.2, 0.25) is 0 Å². The first-order chi connectivity index (χ1) is 9.45. The maximum absolute atomic E-state index is 11.7. The highest BCUT2D eigenvalue weighted by atomic mass is 16.4. The van der Waals surface area contributed by atoms with Crippen LogP contribution in [0.2, 0.25) is 0 Å². The number of imidazole rings is 1.